The molecule has 0 aromatic heterocycles. The normalized spacial score (nSPS) is 24.7. The Balaban J connectivity index is 0.00000192. The molecule has 10 heteroatoms. The second-order valence-corrected chi connectivity index (χ2v) is 8.02. The van der Waals surface area contributed by atoms with E-state index < -0.39 is 14.9 Å². The maximum absolute atomic E-state index is 12.7. The molecule has 2 heterocycles. The van der Waals surface area contributed by atoms with Gasteiger partial charge < -0.3 is 5.32 Å². The van der Waals surface area contributed by atoms with Gasteiger partial charge in [-0.25, -0.2) is 8.42 Å². The van der Waals surface area contributed by atoms with E-state index >= 15 is 0 Å². The van der Waals surface area contributed by atoms with Crippen LogP contribution in [0.4, 0.5) is 5.69 Å². The van der Waals surface area contributed by atoms with Crippen LogP contribution in [0.5, 0.6) is 0 Å². The Hall–Kier alpha value is -0.930. The number of halogens is 2. The van der Waals surface area contributed by atoms with E-state index in [1.165, 1.54) is 16.4 Å². The molecule has 2 atom stereocenters. The highest BCUT2D eigenvalue weighted by molar-refractivity contribution is 7.89. The number of fused-ring (bicyclic) bond motifs is 1. The highest BCUT2D eigenvalue weighted by atomic mass is 35.5. The fraction of sp³-hybridized carbons (Fsp3) is 0.538. The molecule has 2 unspecified atom stereocenters. The lowest BCUT2D eigenvalue weighted by atomic mass is 9.90. The Bertz CT molecular complexity index is 713. The quantitative estimate of drug-likeness (QED) is 0.637. The van der Waals surface area contributed by atoms with E-state index in [9.17, 15) is 18.5 Å². The van der Waals surface area contributed by atoms with E-state index in [1.807, 2.05) is 0 Å². The van der Waals surface area contributed by atoms with Crippen LogP contribution in [0.15, 0.2) is 23.1 Å². The molecule has 3 rings (SSSR count). The molecular weight excluding hydrogens is 365 g/mol. The predicted molar refractivity (Wildman–Crippen MR) is 88.6 cm³/mol. The molecule has 1 aromatic carbocycles. The first-order valence-corrected chi connectivity index (χ1v) is 8.86. The van der Waals surface area contributed by atoms with Crippen molar-refractivity contribution in [2.45, 2.75) is 11.3 Å². The van der Waals surface area contributed by atoms with E-state index in [1.54, 1.807) is 0 Å². The van der Waals surface area contributed by atoms with Gasteiger partial charge >= 0.3 is 0 Å². The first-order valence-electron chi connectivity index (χ1n) is 7.04. The van der Waals surface area contributed by atoms with Crippen molar-refractivity contribution >= 4 is 39.7 Å². The van der Waals surface area contributed by atoms with Crippen molar-refractivity contribution in [2.24, 2.45) is 11.8 Å². The number of rotatable bonds is 3. The van der Waals surface area contributed by atoms with Gasteiger partial charge in [0, 0.05) is 25.2 Å². The van der Waals surface area contributed by atoms with Gasteiger partial charge in [0.05, 0.1) is 9.95 Å². The molecule has 2 aliphatic rings. The second kappa shape index (κ2) is 6.90. The molecule has 23 heavy (non-hydrogen) atoms. The lowest BCUT2D eigenvalue weighted by Gasteiger charge is -2.33. The highest BCUT2D eigenvalue weighted by Gasteiger charge is 2.38. The van der Waals surface area contributed by atoms with E-state index in [2.05, 4.69) is 5.32 Å². The zero-order chi connectivity index (χ0) is 15.9. The molecule has 128 valence electrons. The number of nitro groups is 1. The monoisotopic (exact) mass is 381 g/mol. The summed E-state index contributed by atoms with van der Waals surface area (Å²) < 4.78 is 26.9. The first kappa shape index (κ1) is 18.4. The largest absolute Gasteiger partial charge is 0.316 e. The molecule has 7 nitrogen and oxygen atoms in total. The van der Waals surface area contributed by atoms with Crippen molar-refractivity contribution < 1.29 is 13.3 Å². The summed E-state index contributed by atoms with van der Waals surface area (Å²) in [5, 5.41) is 13.9. The molecule has 0 aliphatic carbocycles. The van der Waals surface area contributed by atoms with Crippen molar-refractivity contribution in [1.29, 1.82) is 0 Å². The van der Waals surface area contributed by atoms with Crippen LogP contribution in [-0.2, 0) is 10.0 Å². The second-order valence-electron chi connectivity index (χ2n) is 5.70. The minimum absolute atomic E-state index is 0. The van der Waals surface area contributed by atoms with Gasteiger partial charge in [-0.2, -0.15) is 4.31 Å². The Kier molecular flexibility index (Phi) is 5.52. The average molecular weight is 382 g/mol. The van der Waals surface area contributed by atoms with E-state index in [0.29, 0.717) is 24.9 Å². The topological polar surface area (TPSA) is 92.5 Å². The summed E-state index contributed by atoms with van der Waals surface area (Å²) in [5.74, 6) is 0.846. The third kappa shape index (κ3) is 3.46. The Morgan fingerprint density at radius 1 is 1.30 bits per heavy atom. The SMILES string of the molecule is Cl.O=[N+]([O-])c1ccc(S(=O)(=O)N2CCC3CNCC3C2)c(Cl)c1. The number of nitro benzene ring substituents is 1. The number of nitrogens with one attached hydrogen (secondary N) is 1. The lowest BCUT2D eigenvalue weighted by molar-refractivity contribution is -0.384. The van der Waals surface area contributed by atoms with Gasteiger partial charge in [-0.3, -0.25) is 10.1 Å². The number of nitrogens with zero attached hydrogens (tertiary/aromatic N) is 2. The smallest absolute Gasteiger partial charge is 0.271 e. The molecule has 2 aliphatic heterocycles. The minimum Gasteiger partial charge on any atom is -0.316 e. The summed E-state index contributed by atoms with van der Waals surface area (Å²) in [7, 11) is -3.72. The summed E-state index contributed by atoms with van der Waals surface area (Å²) in [6, 6.07) is 3.47. The molecule has 2 fully saturated rings. The van der Waals surface area contributed by atoms with Crippen LogP contribution in [0.1, 0.15) is 6.42 Å². The average Bonchev–Trinajstić information content (AvgIpc) is 2.94. The molecule has 2 saturated heterocycles. The maximum atomic E-state index is 12.7. The molecule has 1 N–H and O–H groups in total. The van der Waals surface area contributed by atoms with Crippen molar-refractivity contribution in [3.63, 3.8) is 0 Å². The molecule has 0 spiro atoms. The molecule has 0 radical (unpaired) electrons. The molecule has 1 aromatic rings. The standard InChI is InChI=1S/C13H16ClN3O4S.ClH/c14-12-5-11(17(18)19)1-2-13(12)22(20,21)16-4-3-9-6-15-7-10(9)8-16;/h1-2,5,9-10,15H,3-4,6-8H2;1H. The van der Waals surface area contributed by atoms with E-state index in [-0.39, 0.29) is 28.0 Å². The van der Waals surface area contributed by atoms with Crippen molar-refractivity contribution in [2.75, 3.05) is 26.2 Å². The number of piperidine rings is 1. The van der Waals surface area contributed by atoms with Crippen LogP contribution in [-0.4, -0.2) is 43.8 Å². The van der Waals surface area contributed by atoms with Gasteiger partial charge in [0.1, 0.15) is 4.90 Å². The van der Waals surface area contributed by atoms with E-state index in [4.69, 9.17) is 11.6 Å². The van der Waals surface area contributed by atoms with Crippen LogP contribution in [0, 0.1) is 22.0 Å². The van der Waals surface area contributed by atoms with Gasteiger partial charge in [-0.1, -0.05) is 11.6 Å². The Morgan fingerprint density at radius 2 is 2.00 bits per heavy atom. The number of sulfonamides is 1. The van der Waals surface area contributed by atoms with Crippen molar-refractivity contribution in [1.82, 2.24) is 9.62 Å². The van der Waals surface area contributed by atoms with Gasteiger partial charge in [0.25, 0.3) is 5.69 Å². The molecule has 0 saturated carbocycles. The van der Waals surface area contributed by atoms with Gasteiger partial charge in [0.15, 0.2) is 0 Å². The minimum atomic E-state index is -3.72. The zero-order valence-electron chi connectivity index (χ0n) is 12.1. The highest BCUT2D eigenvalue weighted by Crippen LogP contribution is 2.33. The number of hydrogen-bond donors (Lipinski definition) is 1. The predicted octanol–water partition coefficient (Wildman–Crippen LogP) is 1.90. The third-order valence-corrected chi connectivity index (χ3v) is 6.76. The summed E-state index contributed by atoms with van der Waals surface area (Å²) in [6.07, 6.45) is 0.821. The van der Waals surface area contributed by atoms with E-state index in [0.717, 1.165) is 25.6 Å². The number of benzene rings is 1. The van der Waals surface area contributed by atoms with Crippen molar-refractivity contribution in [3.8, 4) is 0 Å². The number of hydrogen-bond acceptors (Lipinski definition) is 5. The summed E-state index contributed by atoms with van der Waals surface area (Å²) in [6.45, 7) is 2.69. The maximum Gasteiger partial charge on any atom is 0.271 e. The van der Waals surface area contributed by atoms with Gasteiger partial charge in [-0.15, -0.1) is 12.4 Å². The fourth-order valence-electron chi connectivity index (χ4n) is 3.17. The van der Waals surface area contributed by atoms with Crippen LogP contribution < -0.4 is 5.32 Å². The van der Waals surface area contributed by atoms with Crippen LogP contribution in [0.3, 0.4) is 0 Å². The van der Waals surface area contributed by atoms with Gasteiger partial charge in [0.2, 0.25) is 10.0 Å². The fourth-order valence-corrected chi connectivity index (χ4v) is 5.20. The van der Waals surface area contributed by atoms with Crippen molar-refractivity contribution in [3.05, 3.63) is 33.3 Å². The Labute approximate surface area is 145 Å². The summed E-state index contributed by atoms with van der Waals surface area (Å²) >= 11 is 5.97. The first-order chi connectivity index (χ1) is 10.4. The zero-order valence-corrected chi connectivity index (χ0v) is 14.5. The van der Waals surface area contributed by atoms with Crippen LogP contribution in [0.25, 0.3) is 0 Å². The number of non-ortho nitro benzene ring substituents is 1. The van der Waals surface area contributed by atoms with Crippen LogP contribution in [0.2, 0.25) is 5.02 Å². The van der Waals surface area contributed by atoms with Crippen LogP contribution >= 0.6 is 24.0 Å². The molecule has 0 bridgehead atoms. The van der Waals surface area contributed by atoms with Gasteiger partial charge in [-0.05, 0) is 37.4 Å². The molecule has 0 amide bonds. The Morgan fingerprint density at radius 3 is 2.65 bits per heavy atom. The lowest BCUT2D eigenvalue weighted by Crippen LogP contribution is -2.43. The molecular formula is C13H17Cl2N3O4S. The summed E-state index contributed by atoms with van der Waals surface area (Å²) in [5.41, 5.74) is -0.220. The summed E-state index contributed by atoms with van der Waals surface area (Å²) in [4.78, 5) is 10.1. The third-order valence-electron chi connectivity index (χ3n) is 4.41.